The number of nitrogens with one attached hydrogen (secondary N) is 2. The average Bonchev–Trinajstić information content (AvgIpc) is 2.77. The van der Waals surface area contributed by atoms with Crippen molar-refractivity contribution in [2.45, 2.75) is 51.7 Å². The van der Waals surface area contributed by atoms with Crippen LogP contribution in [-0.4, -0.2) is 29.3 Å². The van der Waals surface area contributed by atoms with Crippen LogP contribution in [0.25, 0.3) is 0 Å². The SMILES string of the molecule is C=C(C)CC[C@]1(c2ccccc2)CCN([C@@H](C)c2ccc(C(=N)OC(C)=N)cc2)C(=O)O1. The molecule has 0 aliphatic carbocycles. The molecule has 168 valence electrons. The molecule has 1 fully saturated rings. The predicted molar refractivity (Wildman–Crippen MR) is 126 cm³/mol. The van der Waals surface area contributed by atoms with Gasteiger partial charge in [-0.1, -0.05) is 48.0 Å². The Morgan fingerprint density at radius 2 is 1.81 bits per heavy atom. The molecule has 2 aromatic rings. The summed E-state index contributed by atoms with van der Waals surface area (Å²) in [6.07, 6.45) is 1.88. The number of hydrogen-bond acceptors (Lipinski definition) is 5. The van der Waals surface area contributed by atoms with Crippen LogP contribution < -0.4 is 0 Å². The van der Waals surface area contributed by atoms with Crippen molar-refractivity contribution in [3.05, 3.63) is 83.4 Å². The van der Waals surface area contributed by atoms with Crippen molar-refractivity contribution in [3.63, 3.8) is 0 Å². The summed E-state index contributed by atoms with van der Waals surface area (Å²) in [6.45, 7) is 10.1. The van der Waals surface area contributed by atoms with Gasteiger partial charge in [-0.3, -0.25) is 10.8 Å². The second-order valence-corrected chi connectivity index (χ2v) is 8.41. The van der Waals surface area contributed by atoms with Crippen LogP contribution in [0.2, 0.25) is 0 Å². The molecule has 0 aromatic heterocycles. The Kier molecular flexibility index (Phi) is 7.13. The molecule has 0 saturated carbocycles. The van der Waals surface area contributed by atoms with Gasteiger partial charge >= 0.3 is 6.09 Å². The molecule has 1 heterocycles. The first-order valence-corrected chi connectivity index (χ1v) is 10.8. The number of hydrogen-bond donors (Lipinski definition) is 2. The third kappa shape index (κ3) is 5.25. The maximum Gasteiger partial charge on any atom is 0.411 e. The molecule has 0 bridgehead atoms. The lowest BCUT2D eigenvalue weighted by molar-refractivity contribution is -0.0653. The monoisotopic (exact) mass is 433 g/mol. The molecule has 2 N–H and O–H groups in total. The fourth-order valence-corrected chi connectivity index (χ4v) is 4.01. The van der Waals surface area contributed by atoms with Gasteiger partial charge in [0.15, 0.2) is 5.90 Å². The molecule has 2 atom stereocenters. The zero-order chi connectivity index (χ0) is 23.3. The minimum absolute atomic E-state index is 0.0305. The number of nitrogens with zero attached hydrogens (tertiary/aromatic N) is 1. The molecule has 1 aliphatic rings. The van der Waals surface area contributed by atoms with E-state index < -0.39 is 5.60 Å². The molecule has 0 unspecified atom stereocenters. The number of rotatable bonds is 7. The van der Waals surface area contributed by atoms with E-state index in [1.165, 1.54) is 6.92 Å². The van der Waals surface area contributed by atoms with Gasteiger partial charge in [0.2, 0.25) is 5.90 Å². The highest BCUT2D eigenvalue weighted by Gasteiger charge is 2.43. The Hall–Kier alpha value is -3.41. The van der Waals surface area contributed by atoms with Crippen molar-refractivity contribution in [1.82, 2.24) is 4.90 Å². The summed E-state index contributed by atoms with van der Waals surface area (Å²) in [4.78, 5) is 14.9. The van der Waals surface area contributed by atoms with Crippen LogP contribution in [0.4, 0.5) is 4.79 Å². The molecule has 3 rings (SSSR count). The second kappa shape index (κ2) is 9.81. The molecule has 6 nitrogen and oxygen atoms in total. The molecule has 1 aliphatic heterocycles. The van der Waals surface area contributed by atoms with Gasteiger partial charge in [-0.15, -0.1) is 6.58 Å². The molecule has 32 heavy (non-hydrogen) atoms. The van der Waals surface area contributed by atoms with E-state index in [2.05, 4.69) is 6.58 Å². The highest BCUT2D eigenvalue weighted by molar-refractivity contribution is 5.98. The van der Waals surface area contributed by atoms with Gasteiger partial charge in [-0.2, -0.15) is 0 Å². The number of carbonyl (C=O) groups is 1. The van der Waals surface area contributed by atoms with E-state index in [-0.39, 0.29) is 23.9 Å². The van der Waals surface area contributed by atoms with Gasteiger partial charge in [-0.25, -0.2) is 4.79 Å². The smallest absolute Gasteiger partial charge is 0.411 e. The number of cyclic esters (lactones) is 1. The van der Waals surface area contributed by atoms with Crippen LogP contribution in [0.15, 0.2) is 66.7 Å². The first-order chi connectivity index (χ1) is 15.2. The van der Waals surface area contributed by atoms with Gasteiger partial charge in [0, 0.05) is 25.5 Å². The quantitative estimate of drug-likeness (QED) is 0.310. The van der Waals surface area contributed by atoms with Crippen LogP contribution in [0.5, 0.6) is 0 Å². The van der Waals surface area contributed by atoms with E-state index in [0.717, 1.165) is 23.1 Å². The summed E-state index contributed by atoms with van der Waals surface area (Å²) in [7, 11) is 0. The largest absolute Gasteiger partial charge is 0.438 e. The Labute approximate surface area is 189 Å². The maximum atomic E-state index is 13.1. The minimum Gasteiger partial charge on any atom is -0.438 e. The zero-order valence-electron chi connectivity index (χ0n) is 19.0. The first-order valence-electron chi connectivity index (χ1n) is 10.8. The summed E-state index contributed by atoms with van der Waals surface area (Å²) >= 11 is 0. The fourth-order valence-electron chi connectivity index (χ4n) is 4.01. The number of amides is 1. The van der Waals surface area contributed by atoms with E-state index >= 15 is 0 Å². The summed E-state index contributed by atoms with van der Waals surface area (Å²) in [6, 6.07) is 17.1. The maximum absolute atomic E-state index is 13.1. The molecule has 0 spiro atoms. The number of allylic oxidation sites excluding steroid dienone is 1. The Morgan fingerprint density at radius 3 is 2.38 bits per heavy atom. The third-order valence-corrected chi connectivity index (χ3v) is 5.91. The van der Waals surface area contributed by atoms with Crippen molar-refractivity contribution in [2.75, 3.05) is 6.54 Å². The molecule has 0 radical (unpaired) electrons. The first kappa shape index (κ1) is 23.3. The lowest BCUT2D eigenvalue weighted by Crippen LogP contribution is -2.48. The predicted octanol–water partition coefficient (Wildman–Crippen LogP) is 6.18. The van der Waals surface area contributed by atoms with Crippen molar-refractivity contribution in [2.24, 2.45) is 0 Å². The van der Waals surface area contributed by atoms with Crippen LogP contribution in [0.3, 0.4) is 0 Å². The standard InChI is InChI=1S/C26H31N3O3/c1-18(2)14-15-26(23-8-6-5-7-9-23)16-17-29(25(30)32-26)19(3)21-10-12-22(13-11-21)24(28)31-20(4)27/h5-13,19,27-28H,1,14-17H2,2-4H3/t19-,26+/m0/s1. The molecular formula is C26H31N3O3. The average molecular weight is 434 g/mol. The number of ether oxygens (including phenoxy) is 2. The van der Waals surface area contributed by atoms with E-state index in [9.17, 15) is 4.79 Å². The Balaban J connectivity index is 1.76. The normalized spacial score (nSPS) is 19.1. The van der Waals surface area contributed by atoms with E-state index in [0.29, 0.717) is 24.9 Å². The second-order valence-electron chi connectivity index (χ2n) is 8.41. The molecule has 1 amide bonds. The third-order valence-electron chi connectivity index (χ3n) is 5.91. The van der Waals surface area contributed by atoms with Crippen LogP contribution in [-0.2, 0) is 15.1 Å². The topological polar surface area (TPSA) is 86.5 Å². The van der Waals surface area contributed by atoms with Crippen LogP contribution >= 0.6 is 0 Å². The fraction of sp³-hybridized carbons (Fsp3) is 0.346. The summed E-state index contributed by atoms with van der Waals surface area (Å²) in [5.74, 6) is -0.101. The Morgan fingerprint density at radius 1 is 1.16 bits per heavy atom. The zero-order valence-corrected chi connectivity index (χ0v) is 19.0. The van der Waals surface area contributed by atoms with Crippen molar-refractivity contribution in [3.8, 4) is 0 Å². The van der Waals surface area contributed by atoms with Gasteiger partial charge in [-0.05, 0) is 49.9 Å². The van der Waals surface area contributed by atoms with E-state index in [1.807, 2.05) is 56.3 Å². The van der Waals surface area contributed by atoms with Crippen molar-refractivity contribution in [1.29, 1.82) is 10.8 Å². The van der Waals surface area contributed by atoms with Crippen molar-refractivity contribution < 1.29 is 14.3 Å². The van der Waals surface area contributed by atoms with Crippen LogP contribution in [0.1, 0.15) is 62.8 Å². The number of carbonyl (C=O) groups excluding carboxylic acids is 1. The van der Waals surface area contributed by atoms with E-state index in [1.54, 1.807) is 17.0 Å². The minimum atomic E-state index is -0.644. The molecule has 6 heteroatoms. The summed E-state index contributed by atoms with van der Waals surface area (Å²) in [5.41, 5.74) is 2.97. The van der Waals surface area contributed by atoms with Crippen LogP contribution in [0, 0.1) is 10.8 Å². The molecule has 2 aromatic carbocycles. The van der Waals surface area contributed by atoms with E-state index in [4.69, 9.17) is 20.3 Å². The summed E-state index contributed by atoms with van der Waals surface area (Å²) in [5, 5.41) is 15.3. The molecule has 1 saturated heterocycles. The lowest BCUT2D eigenvalue weighted by atomic mass is 9.83. The Bertz CT molecular complexity index is 1000. The summed E-state index contributed by atoms with van der Waals surface area (Å²) < 4.78 is 11.2. The van der Waals surface area contributed by atoms with Crippen molar-refractivity contribution >= 4 is 17.9 Å². The van der Waals surface area contributed by atoms with Gasteiger partial charge in [0.25, 0.3) is 0 Å². The lowest BCUT2D eigenvalue weighted by Gasteiger charge is -2.43. The highest BCUT2D eigenvalue weighted by atomic mass is 16.6. The molecular weight excluding hydrogens is 402 g/mol. The van der Waals surface area contributed by atoms with Gasteiger partial charge < -0.3 is 14.4 Å². The number of benzene rings is 2. The van der Waals surface area contributed by atoms with Gasteiger partial charge in [0.05, 0.1) is 6.04 Å². The highest BCUT2D eigenvalue weighted by Crippen LogP contribution is 2.41. The van der Waals surface area contributed by atoms with Gasteiger partial charge in [0.1, 0.15) is 5.60 Å².